The average Bonchev–Trinajstić information content (AvgIpc) is 3.02. The van der Waals surface area contributed by atoms with Gasteiger partial charge in [0.1, 0.15) is 15.8 Å². The summed E-state index contributed by atoms with van der Waals surface area (Å²) in [5.74, 6) is 1.20. The zero-order valence-electron chi connectivity index (χ0n) is 11.9. The number of halogens is 1. The van der Waals surface area contributed by atoms with E-state index in [-0.39, 0.29) is 5.91 Å². The number of thioether (sulfide) groups is 1. The van der Waals surface area contributed by atoms with Crippen molar-refractivity contribution >= 4 is 56.2 Å². The number of nitrogens with one attached hydrogen (secondary N) is 1. The molecule has 0 aliphatic carbocycles. The Bertz CT molecular complexity index is 824. The van der Waals surface area contributed by atoms with Crippen molar-refractivity contribution in [2.75, 3.05) is 0 Å². The highest BCUT2D eigenvalue weighted by atomic mass is 79.9. The van der Waals surface area contributed by atoms with Crippen molar-refractivity contribution in [3.8, 4) is 11.3 Å². The molecule has 2 aromatic rings. The lowest BCUT2D eigenvalue weighted by molar-refractivity contribution is -0.115. The number of carbonyl (C=O) groups excluding carboxylic acids is 1. The molecular weight excluding hydrogens is 382 g/mol. The van der Waals surface area contributed by atoms with Gasteiger partial charge in [0.2, 0.25) is 0 Å². The molecule has 1 saturated heterocycles. The molecule has 1 N–H and O–H groups in total. The van der Waals surface area contributed by atoms with Crippen LogP contribution in [0, 0.1) is 13.8 Å². The molecule has 0 unspecified atom stereocenters. The summed E-state index contributed by atoms with van der Waals surface area (Å²) < 4.78 is 7.30. The quantitative estimate of drug-likeness (QED) is 0.586. The molecule has 1 aromatic heterocycles. The van der Waals surface area contributed by atoms with Crippen LogP contribution in [0.15, 0.2) is 38.1 Å². The van der Waals surface area contributed by atoms with Gasteiger partial charge in [-0.05, 0) is 49.2 Å². The van der Waals surface area contributed by atoms with E-state index in [0.717, 1.165) is 15.8 Å². The van der Waals surface area contributed by atoms with Gasteiger partial charge in [-0.2, -0.15) is 0 Å². The Morgan fingerprint density at radius 1 is 1.27 bits per heavy atom. The molecule has 2 heterocycles. The highest BCUT2D eigenvalue weighted by Gasteiger charge is 2.22. The van der Waals surface area contributed by atoms with Gasteiger partial charge in [0.25, 0.3) is 5.91 Å². The number of aryl methyl sites for hydroxylation is 2. The SMILES string of the molecule is Cc1cc(Br)c(-c2ccc(/C=C3\SC(=S)NC3=O)o2)cc1C. The van der Waals surface area contributed by atoms with Crippen molar-refractivity contribution < 1.29 is 9.21 Å². The first-order valence-corrected chi connectivity index (χ1v) is 8.57. The van der Waals surface area contributed by atoms with E-state index in [4.69, 9.17) is 16.6 Å². The molecule has 0 radical (unpaired) electrons. The molecule has 0 bridgehead atoms. The lowest BCUT2D eigenvalue weighted by atomic mass is 10.1. The molecule has 3 rings (SSSR count). The summed E-state index contributed by atoms with van der Waals surface area (Å²) in [4.78, 5) is 12.2. The molecule has 1 aliphatic rings. The summed E-state index contributed by atoms with van der Waals surface area (Å²) in [5, 5.41) is 2.59. The highest BCUT2D eigenvalue weighted by Crippen LogP contribution is 2.33. The zero-order chi connectivity index (χ0) is 15.9. The van der Waals surface area contributed by atoms with E-state index in [0.29, 0.717) is 15.0 Å². The average molecular weight is 394 g/mol. The Kier molecular flexibility index (Phi) is 4.25. The van der Waals surface area contributed by atoms with Crippen LogP contribution in [0.25, 0.3) is 17.4 Å². The van der Waals surface area contributed by atoms with E-state index < -0.39 is 0 Å². The smallest absolute Gasteiger partial charge is 0.263 e. The first-order valence-electron chi connectivity index (χ1n) is 6.56. The van der Waals surface area contributed by atoms with E-state index >= 15 is 0 Å². The summed E-state index contributed by atoms with van der Waals surface area (Å²) in [7, 11) is 0. The van der Waals surface area contributed by atoms with Gasteiger partial charge in [-0.15, -0.1) is 0 Å². The van der Waals surface area contributed by atoms with E-state index in [2.05, 4.69) is 47.2 Å². The second kappa shape index (κ2) is 6.02. The van der Waals surface area contributed by atoms with Crippen molar-refractivity contribution in [3.05, 3.63) is 50.5 Å². The molecule has 0 spiro atoms. The van der Waals surface area contributed by atoms with Gasteiger partial charge in [0.05, 0.1) is 4.91 Å². The largest absolute Gasteiger partial charge is 0.457 e. The van der Waals surface area contributed by atoms with Gasteiger partial charge >= 0.3 is 0 Å². The molecule has 1 amide bonds. The standard InChI is InChI=1S/C16H12BrNO2S2/c1-8-5-11(12(17)6-9(8)2)13-4-3-10(20-13)7-14-15(19)18-16(21)22-14/h3-7H,1-2H3,(H,18,19,21)/b14-7-. The van der Waals surface area contributed by atoms with Gasteiger partial charge in [0, 0.05) is 16.1 Å². The molecule has 3 nitrogen and oxygen atoms in total. The topological polar surface area (TPSA) is 42.2 Å². The number of furan rings is 1. The van der Waals surface area contributed by atoms with Gasteiger partial charge in [0.15, 0.2) is 0 Å². The van der Waals surface area contributed by atoms with Crippen molar-refractivity contribution in [1.29, 1.82) is 0 Å². The Hall–Kier alpha value is -1.37. The maximum absolute atomic E-state index is 11.7. The third-order valence-corrected chi connectivity index (χ3v) is 5.21. The van der Waals surface area contributed by atoms with Crippen molar-refractivity contribution in [2.24, 2.45) is 0 Å². The fourth-order valence-corrected chi connectivity index (χ4v) is 3.77. The normalized spacial score (nSPS) is 16.4. The Morgan fingerprint density at radius 3 is 2.68 bits per heavy atom. The lowest BCUT2D eigenvalue weighted by Crippen LogP contribution is -2.17. The maximum Gasteiger partial charge on any atom is 0.263 e. The molecule has 0 saturated carbocycles. The van der Waals surface area contributed by atoms with Crippen LogP contribution >= 0.6 is 39.9 Å². The number of benzene rings is 1. The Balaban J connectivity index is 1.95. The summed E-state index contributed by atoms with van der Waals surface area (Å²) in [6.45, 7) is 4.14. The Labute approximate surface area is 146 Å². The van der Waals surface area contributed by atoms with E-state index in [1.807, 2.05) is 12.1 Å². The first-order chi connectivity index (χ1) is 10.4. The van der Waals surface area contributed by atoms with Crippen LogP contribution in [0.1, 0.15) is 16.9 Å². The van der Waals surface area contributed by atoms with Gasteiger partial charge in [-0.25, -0.2) is 0 Å². The second-order valence-electron chi connectivity index (χ2n) is 4.97. The lowest BCUT2D eigenvalue weighted by Gasteiger charge is -2.06. The van der Waals surface area contributed by atoms with Crippen molar-refractivity contribution in [2.45, 2.75) is 13.8 Å². The highest BCUT2D eigenvalue weighted by molar-refractivity contribution is 9.10. The third-order valence-electron chi connectivity index (χ3n) is 3.39. The minimum absolute atomic E-state index is 0.180. The monoisotopic (exact) mass is 393 g/mol. The fourth-order valence-electron chi connectivity index (χ4n) is 2.10. The number of thiocarbonyl (C=S) groups is 1. The van der Waals surface area contributed by atoms with Crippen molar-refractivity contribution in [3.63, 3.8) is 0 Å². The molecule has 6 heteroatoms. The third kappa shape index (κ3) is 3.04. The number of hydrogen-bond donors (Lipinski definition) is 1. The van der Waals surface area contributed by atoms with E-state index in [1.54, 1.807) is 6.08 Å². The van der Waals surface area contributed by atoms with Crippen molar-refractivity contribution in [1.82, 2.24) is 5.32 Å². The molecule has 112 valence electrons. The number of hydrogen-bond acceptors (Lipinski definition) is 4. The predicted octanol–water partition coefficient (Wildman–Crippen LogP) is 4.81. The second-order valence-corrected chi connectivity index (χ2v) is 7.54. The van der Waals surface area contributed by atoms with Crippen LogP contribution < -0.4 is 5.32 Å². The number of rotatable bonds is 2. The first kappa shape index (κ1) is 15.5. The van der Waals surface area contributed by atoms with Crippen LogP contribution in [-0.2, 0) is 4.79 Å². The molecular formula is C16H12BrNO2S2. The summed E-state index contributed by atoms with van der Waals surface area (Å²) in [6.07, 6.45) is 1.71. The van der Waals surface area contributed by atoms with Crippen LogP contribution in [-0.4, -0.2) is 10.2 Å². The van der Waals surface area contributed by atoms with Gasteiger partial charge < -0.3 is 9.73 Å². The minimum atomic E-state index is -0.180. The number of carbonyl (C=O) groups is 1. The molecule has 1 aromatic carbocycles. The van der Waals surface area contributed by atoms with Crippen LogP contribution in [0.5, 0.6) is 0 Å². The molecule has 22 heavy (non-hydrogen) atoms. The minimum Gasteiger partial charge on any atom is -0.457 e. The Morgan fingerprint density at radius 2 is 2.00 bits per heavy atom. The van der Waals surface area contributed by atoms with E-state index in [1.165, 1.54) is 22.9 Å². The fraction of sp³-hybridized carbons (Fsp3) is 0.125. The predicted molar refractivity (Wildman–Crippen MR) is 97.6 cm³/mol. The molecule has 1 aliphatic heterocycles. The van der Waals surface area contributed by atoms with Gasteiger partial charge in [-0.3, -0.25) is 4.79 Å². The zero-order valence-corrected chi connectivity index (χ0v) is 15.1. The maximum atomic E-state index is 11.7. The van der Waals surface area contributed by atoms with E-state index in [9.17, 15) is 4.79 Å². The molecule has 1 fully saturated rings. The summed E-state index contributed by atoms with van der Waals surface area (Å²) in [5.41, 5.74) is 3.41. The summed E-state index contributed by atoms with van der Waals surface area (Å²) >= 11 is 9.78. The van der Waals surface area contributed by atoms with Crippen LogP contribution in [0.2, 0.25) is 0 Å². The van der Waals surface area contributed by atoms with Crippen LogP contribution in [0.3, 0.4) is 0 Å². The number of amides is 1. The summed E-state index contributed by atoms with van der Waals surface area (Å²) in [6, 6.07) is 7.90. The van der Waals surface area contributed by atoms with Crippen LogP contribution in [0.4, 0.5) is 0 Å². The van der Waals surface area contributed by atoms with Gasteiger partial charge in [-0.1, -0.05) is 39.9 Å². The molecule has 0 atom stereocenters.